The van der Waals surface area contributed by atoms with Gasteiger partial charge in [0.2, 0.25) is 5.91 Å². The average molecular weight is 272 g/mol. The molecule has 0 spiro atoms. The van der Waals surface area contributed by atoms with Gasteiger partial charge in [0.25, 0.3) is 0 Å². The van der Waals surface area contributed by atoms with Crippen molar-refractivity contribution in [2.75, 3.05) is 14.1 Å². The number of nitrogens with zero attached hydrogens (tertiary/aromatic N) is 1. The Morgan fingerprint density at radius 2 is 2.00 bits per heavy atom. The zero-order valence-electron chi connectivity index (χ0n) is 10.6. The van der Waals surface area contributed by atoms with Crippen LogP contribution in [0.1, 0.15) is 13.8 Å². The van der Waals surface area contributed by atoms with Crippen LogP contribution in [-0.2, 0) is 4.79 Å². The first-order valence-corrected chi connectivity index (χ1v) is 6.81. The molecule has 0 radical (unpaired) electrons. The predicted molar refractivity (Wildman–Crippen MR) is 74.6 cm³/mol. The van der Waals surface area contributed by atoms with Gasteiger partial charge in [0.1, 0.15) is 0 Å². The predicted octanol–water partition coefficient (Wildman–Crippen LogP) is 3.54. The van der Waals surface area contributed by atoms with Gasteiger partial charge < -0.3 is 4.90 Å². The van der Waals surface area contributed by atoms with Crippen molar-refractivity contribution in [3.8, 4) is 0 Å². The van der Waals surface area contributed by atoms with Gasteiger partial charge in [0, 0.05) is 24.0 Å². The van der Waals surface area contributed by atoms with Crippen LogP contribution in [0, 0.1) is 5.92 Å². The number of hydrogen-bond donors (Lipinski definition) is 0. The maximum absolute atomic E-state index is 12.0. The lowest BCUT2D eigenvalue weighted by atomic mass is 10.1. The molecule has 1 unspecified atom stereocenters. The molecule has 0 N–H and O–H groups in total. The summed E-state index contributed by atoms with van der Waals surface area (Å²) in [5.74, 6) is 0.429. The molecule has 17 heavy (non-hydrogen) atoms. The largest absolute Gasteiger partial charge is 0.348 e. The van der Waals surface area contributed by atoms with E-state index in [1.54, 1.807) is 30.8 Å². The van der Waals surface area contributed by atoms with E-state index in [0.717, 1.165) is 4.90 Å². The van der Waals surface area contributed by atoms with Crippen LogP contribution in [-0.4, -0.2) is 30.2 Å². The van der Waals surface area contributed by atoms with E-state index in [9.17, 15) is 4.79 Å². The van der Waals surface area contributed by atoms with Crippen LogP contribution in [0.15, 0.2) is 29.2 Å². The molecule has 2 nitrogen and oxygen atoms in total. The van der Waals surface area contributed by atoms with E-state index in [4.69, 9.17) is 11.6 Å². The highest BCUT2D eigenvalue weighted by atomic mass is 35.5. The molecule has 0 bridgehead atoms. The van der Waals surface area contributed by atoms with Crippen LogP contribution in [0.2, 0.25) is 5.02 Å². The smallest absolute Gasteiger partial charge is 0.235 e. The van der Waals surface area contributed by atoms with Crippen molar-refractivity contribution >= 4 is 29.3 Å². The molecule has 0 aliphatic rings. The lowest BCUT2D eigenvalue weighted by Crippen LogP contribution is -2.34. The number of halogens is 1. The van der Waals surface area contributed by atoms with Crippen LogP contribution >= 0.6 is 23.4 Å². The number of thioether (sulfide) groups is 1. The summed E-state index contributed by atoms with van der Waals surface area (Å²) >= 11 is 7.51. The summed E-state index contributed by atoms with van der Waals surface area (Å²) in [5, 5.41) is 0.637. The van der Waals surface area contributed by atoms with E-state index in [-0.39, 0.29) is 17.1 Å². The fraction of sp³-hybridized carbons (Fsp3) is 0.462. The fourth-order valence-corrected chi connectivity index (χ4v) is 2.90. The van der Waals surface area contributed by atoms with Gasteiger partial charge in [-0.2, -0.15) is 0 Å². The quantitative estimate of drug-likeness (QED) is 0.781. The minimum atomic E-state index is -0.0662. The van der Waals surface area contributed by atoms with Crippen molar-refractivity contribution in [3.05, 3.63) is 29.3 Å². The highest BCUT2D eigenvalue weighted by Gasteiger charge is 2.24. The minimum absolute atomic E-state index is 0.0662. The molecule has 4 heteroatoms. The molecule has 0 aliphatic carbocycles. The number of benzene rings is 1. The Morgan fingerprint density at radius 1 is 1.35 bits per heavy atom. The van der Waals surface area contributed by atoms with Crippen molar-refractivity contribution < 1.29 is 4.79 Å². The van der Waals surface area contributed by atoms with E-state index in [2.05, 4.69) is 13.8 Å². The Labute approximate surface area is 112 Å². The van der Waals surface area contributed by atoms with Crippen molar-refractivity contribution in [1.82, 2.24) is 4.90 Å². The summed E-state index contributed by atoms with van der Waals surface area (Å²) in [5.41, 5.74) is 0. The summed E-state index contributed by atoms with van der Waals surface area (Å²) in [6, 6.07) is 7.62. The number of carbonyl (C=O) groups is 1. The summed E-state index contributed by atoms with van der Waals surface area (Å²) < 4.78 is 0. The van der Waals surface area contributed by atoms with Crippen LogP contribution in [0.4, 0.5) is 0 Å². The van der Waals surface area contributed by atoms with E-state index in [1.165, 1.54) is 0 Å². The first-order valence-electron chi connectivity index (χ1n) is 5.55. The molecular weight excluding hydrogens is 254 g/mol. The SMILES string of the molecule is CC(C)C(Sc1cccc(Cl)c1)C(=O)N(C)C. The molecule has 1 rings (SSSR count). The van der Waals surface area contributed by atoms with Crippen molar-refractivity contribution in [2.24, 2.45) is 5.92 Å². The van der Waals surface area contributed by atoms with Gasteiger partial charge in [-0.1, -0.05) is 31.5 Å². The van der Waals surface area contributed by atoms with Crippen LogP contribution in [0.3, 0.4) is 0 Å². The number of carbonyl (C=O) groups excluding carboxylic acids is 1. The zero-order valence-corrected chi connectivity index (χ0v) is 12.2. The molecule has 94 valence electrons. The van der Waals surface area contributed by atoms with Gasteiger partial charge in [-0.3, -0.25) is 4.79 Å². The molecule has 1 amide bonds. The van der Waals surface area contributed by atoms with Gasteiger partial charge in [0.05, 0.1) is 5.25 Å². The van der Waals surface area contributed by atoms with Crippen molar-refractivity contribution in [1.29, 1.82) is 0 Å². The third-order valence-corrected chi connectivity index (χ3v) is 4.11. The fourth-order valence-electron chi connectivity index (χ4n) is 1.41. The number of rotatable bonds is 4. The molecule has 0 fully saturated rings. The van der Waals surface area contributed by atoms with Gasteiger partial charge >= 0.3 is 0 Å². The van der Waals surface area contributed by atoms with E-state index in [0.29, 0.717) is 5.02 Å². The Morgan fingerprint density at radius 3 is 2.47 bits per heavy atom. The second kappa shape index (κ2) is 6.31. The highest BCUT2D eigenvalue weighted by Crippen LogP contribution is 2.30. The second-order valence-corrected chi connectivity index (χ2v) is 6.12. The van der Waals surface area contributed by atoms with Gasteiger partial charge in [-0.05, 0) is 24.1 Å². The van der Waals surface area contributed by atoms with Gasteiger partial charge in [-0.15, -0.1) is 11.8 Å². The van der Waals surface area contributed by atoms with E-state index in [1.807, 2.05) is 24.3 Å². The van der Waals surface area contributed by atoms with Crippen LogP contribution in [0.5, 0.6) is 0 Å². The Hall–Kier alpha value is -0.670. The molecule has 0 aromatic heterocycles. The maximum Gasteiger partial charge on any atom is 0.235 e. The molecule has 0 aliphatic heterocycles. The third kappa shape index (κ3) is 4.25. The normalized spacial score (nSPS) is 12.6. The molecule has 1 atom stereocenters. The van der Waals surface area contributed by atoms with Crippen molar-refractivity contribution in [2.45, 2.75) is 24.0 Å². The maximum atomic E-state index is 12.0. The molecule has 0 heterocycles. The van der Waals surface area contributed by atoms with Gasteiger partial charge in [0.15, 0.2) is 0 Å². The van der Waals surface area contributed by atoms with Gasteiger partial charge in [-0.25, -0.2) is 0 Å². The standard InChI is InChI=1S/C13H18ClNOS/c1-9(2)12(13(16)15(3)4)17-11-7-5-6-10(14)8-11/h5-9,12H,1-4H3. The number of hydrogen-bond acceptors (Lipinski definition) is 2. The Bertz CT molecular complexity index is 393. The van der Waals surface area contributed by atoms with E-state index < -0.39 is 0 Å². The molecule has 1 aromatic carbocycles. The Balaban J connectivity index is 2.84. The first kappa shape index (κ1) is 14.4. The lowest BCUT2D eigenvalue weighted by molar-refractivity contribution is -0.128. The lowest BCUT2D eigenvalue weighted by Gasteiger charge is -2.23. The number of amides is 1. The molecule has 1 aromatic rings. The highest BCUT2D eigenvalue weighted by molar-refractivity contribution is 8.00. The molecule has 0 saturated heterocycles. The summed E-state index contributed by atoms with van der Waals surface area (Å²) in [7, 11) is 3.58. The Kier molecular flexibility index (Phi) is 5.34. The minimum Gasteiger partial charge on any atom is -0.348 e. The zero-order chi connectivity index (χ0) is 13.0. The summed E-state index contributed by atoms with van der Waals surface area (Å²) in [4.78, 5) is 14.7. The van der Waals surface area contributed by atoms with Crippen LogP contribution in [0.25, 0.3) is 0 Å². The van der Waals surface area contributed by atoms with Crippen molar-refractivity contribution in [3.63, 3.8) is 0 Å². The topological polar surface area (TPSA) is 20.3 Å². The molecular formula is C13H18ClNOS. The van der Waals surface area contributed by atoms with E-state index >= 15 is 0 Å². The summed E-state index contributed by atoms with van der Waals surface area (Å²) in [6.07, 6.45) is 0. The third-order valence-electron chi connectivity index (χ3n) is 2.35. The monoisotopic (exact) mass is 271 g/mol. The summed E-state index contributed by atoms with van der Waals surface area (Å²) in [6.45, 7) is 4.12. The second-order valence-electron chi connectivity index (χ2n) is 4.47. The molecule has 0 saturated carbocycles. The first-order chi connectivity index (χ1) is 7.91. The average Bonchev–Trinajstić information content (AvgIpc) is 2.24. The van der Waals surface area contributed by atoms with Crippen LogP contribution < -0.4 is 0 Å².